The second kappa shape index (κ2) is 12.4. The molecular formula is C30H31F3N7O5P. The number of hydrogen-bond acceptors (Lipinski definition) is 10. The van der Waals surface area contributed by atoms with Gasteiger partial charge >= 0.3 is 13.8 Å². The summed E-state index contributed by atoms with van der Waals surface area (Å²) in [6.07, 6.45) is -0.177. The van der Waals surface area contributed by atoms with E-state index >= 15 is 0 Å². The monoisotopic (exact) mass is 657 g/mol. The predicted octanol–water partition coefficient (Wildman–Crippen LogP) is 6.59. The fourth-order valence-corrected chi connectivity index (χ4v) is 7.17. The van der Waals surface area contributed by atoms with E-state index in [1.165, 1.54) is 12.0 Å². The number of carbonyl (C=O) groups excluding carboxylic acids is 1. The molecule has 1 amide bonds. The molecule has 4 aromatic rings. The van der Waals surface area contributed by atoms with Gasteiger partial charge in [-0.2, -0.15) is 23.3 Å². The summed E-state index contributed by atoms with van der Waals surface area (Å²) in [6, 6.07) is 8.21. The Morgan fingerprint density at radius 2 is 1.93 bits per heavy atom. The lowest BCUT2D eigenvalue weighted by molar-refractivity contribution is -0.137. The van der Waals surface area contributed by atoms with Crippen LogP contribution >= 0.6 is 7.60 Å². The van der Waals surface area contributed by atoms with Gasteiger partial charge in [0.1, 0.15) is 17.1 Å². The van der Waals surface area contributed by atoms with E-state index in [4.69, 9.17) is 13.8 Å². The number of benzene rings is 2. The highest BCUT2D eigenvalue weighted by Crippen LogP contribution is 2.52. The van der Waals surface area contributed by atoms with Gasteiger partial charge in [0.05, 0.1) is 49.6 Å². The summed E-state index contributed by atoms with van der Waals surface area (Å²) in [4.78, 5) is 22.9. The van der Waals surface area contributed by atoms with Gasteiger partial charge in [0.2, 0.25) is 5.95 Å². The van der Waals surface area contributed by atoms with Crippen molar-refractivity contribution in [2.75, 3.05) is 38.0 Å². The summed E-state index contributed by atoms with van der Waals surface area (Å²) in [7, 11) is -0.494. The van der Waals surface area contributed by atoms with Gasteiger partial charge in [-0.1, -0.05) is 12.1 Å². The number of hydrogen-bond donors (Lipinski definition) is 2. The van der Waals surface area contributed by atoms with Crippen molar-refractivity contribution < 1.29 is 36.3 Å². The van der Waals surface area contributed by atoms with Crippen LogP contribution in [0.1, 0.15) is 40.4 Å². The second-order valence-electron chi connectivity index (χ2n) is 10.8. The summed E-state index contributed by atoms with van der Waals surface area (Å²) in [6.45, 7) is 2.77. The van der Waals surface area contributed by atoms with Gasteiger partial charge in [0.15, 0.2) is 0 Å². The number of amides is 1. The highest BCUT2D eigenvalue weighted by atomic mass is 31.2. The molecule has 1 atom stereocenters. The number of fused-ring (bicyclic) bond motifs is 1. The van der Waals surface area contributed by atoms with E-state index in [0.29, 0.717) is 41.7 Å². The van der Waals surface area contributed by atoms with Gasteiger partial charge in [0, 0.05) is 38.1 Å². The van der Waals surface area contributed by atoms with E-state index in [9.17, 15) is 22.5 Å². The number of nitrogens with one attached hydrogen (secondary N) is 2. The largest absolute Gasteiger partial charge is 0.495 e. The number of aryl methyl sites for hydroxylation is 1. The maximum absolute atomic E-state index is 14.1. The molecule has 4 aliphatic rings. The molecule has 0 unspecified atom stereocenters. The fourth-order valence-electron chi connectivity index (χ4n) is 5.46. The predicted molar refractivity (Wildman–Crippen MR) is 164 cm³/mol. The van der Waals surface area contributed by atoms with Crippen molar-refractivity contribution in [1.29, 1.82) is 0 Å². The molecule has 4 aliphatic heterocycles. The van der Waals surface area contributed by atoms with Crippen molar-refractivity contribution in [3.8, 4) is 16.9 Å². The molecular weight excluding hydrogens is 626 g/mol. The van der Waals surface area contributed by atoms with Crippen LogP contribution in [0.25, 0.3) is 11.1 Å². The molecule has 242 valence electrons. The number of ether oxygens (including phenoxy) is 1. The van der Waals surface area contributed by atoms with Crippen LogP contribution in [-0.4, -0.2) is 57.9 Å². The number of carbonyl (C=O) groups is 1. The smallest absolute Gasteiger partial charge is 0.421 e. The van der Waals surface area contributed by atoms with Crippen LogP contribution in [0.15, 0.2) is 48.9 Å². The Morgan fingerprint density at radius 3 is 2.70 bits per heavy atom. The Labute approximate surface area is 262 Å². The molecule has 0 saturated heterocycles. The quantitative estimate of drug-likeness (QED) is 0.233. The first kappa shape index (κ1) is 31.5. The number of nitrogens with zero attached hydrogens (tertiary/aromatic N) is 5. The molecule has 0 saturated carbocycles. The lowest BCUT2D eigenvalue weighted by atomic mass is 9.97. The van der Waals surface area contributed by atoms with E-state index in [0.717, 1.165) is 11.1 Å². The molecule has 12 nitrogen and oxygen atoms in total. The minimum atomic E-state index is -4.79. The van der Waals surface area contributed by atoms with Crippen LogP contribution in [0, 0.1) is 0 Å². The first-order valence-electron chi connectivity index (χ1n) is 14.5. The van der Waals surface area contributed by atoms with Crippen molar-refractivity contribution in [3.05, 3.63) is 71.2 Å². The van der Waals surface area contributed by atoms with Crippen molar-refractivity contribution in [2.24, 2.45) is 0 Å². The second-order valence-corrected chi connectivity index (χ2v) is 12.8. The van der Waals surface area contributed by atoms with E-state index < -0.39 is 25.2 Å². The average Bonchev–Trinajstić information content (AvgIpc) is 3.59. The van der Waals surface area contributed by atoms with Crippen molar-refractivity contribution >= 4 is 36.6 Å². The Morgan fingerprint density at radius 1 is 1.13 bits per heavy atom. The number of alkyl halides is 3. The van der Waals surface area contributed by atoms with Gasteiger partial charge in [0.25, 0.3) is 5.91 Å². The highest BCUT2D eigenvalue weighted by molar-refractivity contribution is 7.53. The highest BCUT2D eigenvalue weighted by Gasteiger charge is 2.37. The molecule has 6 heterocycles. The third-order valence-electron chi connectivity index (χ3n) is 7.59. The first-order valence-corrected chi connectivity index (χ1v) is 16.2. The zero-order valence-electron chi connectivity index (χ0n) is 25.2. The van der Waals surface area contributed by atoms with Gasteiger partial charge in [-0.15, -0.1) is 0 Å². The lowest BCUT2D eigenvalue weighted by Crippen LogP contribution is -2.18. The van der Waals surface area contributed by atoms with E-state index in [2.05, 4.69) is 25.7 Å². The van der Waals surface area contributed by atoms with Crippen LogP contribution in [0.2, 0.25) is 0 Å². The normalized spacial score (nSPS) is 18.4. The minimum absolute atomic E-state index is 0.0257. The molecule has 0 radical (unpaired) electrons. The topological polar surface area (TPSA) is 133 Å². The number of methoxy groups -OCH3 is 1. The third-order valence-corrected chi connectivity index (χ3v) is 9.57. The van der Waals surface area contributed by atoms with Crippen LogP contribution in [0.4, 0.5) is 36.3 Å². The molecule has 2 N–H and O–H groups in total. The molecule has 0 aliphatic carbocycles. The Hall–Kier alpha value is -4.46. The Bertz CT molecular complexity index is 1850. The summed E-state index contributed by atoms with van der Waals surface area (Å²) < 4.78 is 74.6. The summed E-state index contributed by atoms with van der Waals surface area (Å²) >= 11 is 0. The van der Waals surface area contributed by atoms with E-state index in [1.807, 2.05) is 6.20 Å². The van der Waals surface area contributed by atoms with E-state index in [-0.39, 0.29) is 49.0 Å². The number of aromatic nitrogens is 4. The number of rotatable bonds is 3. The Balaban J connectivity index is 1.47. The zero-order valence-corrected chi connectivity index (χ0v) is 26.1. The van der Waals surface area contributed by atoms with Crippen molar-refractivity contribution in [2.45, 2.75) is 38.8 Å². The molecule has 2 aromatic heterocycles. The van der Waals surface area contributed by atoms with Crippen LogP contribution in [-0.2, 0) is 39.0 Å². The number of anilines is 4. The minimum Gasteiger partial charge on any atom is -0.495 e. The van der Waals surface area contributed by atoms with Gasteiger partial charge in [-0.05, 0) is 48.2 Å². The van der Waals surface area contributed by atoms with Crippen LogP contribution in [0.3, 0.4) is 0 Å². The fraction of sp³-hybridized carbons (Fsp3) is 0.333. The number of halogens is 3. The maximum atomic E-state index is 14.1. The molecule has 16 heteroatoms. The molecule has 8 bridgehead atoms. The Kier molecular flexibility index (Phi) is 8.49. The third kappa shape index (κ3) is 6.30. The van der Waals surface area contributed by atoms with Crippen molar-refractivity contribution in [3.63, 3.8) is 0 Å². The molecule has 8 rings (SSSR count). The average molecular weight is 658 g/mol. The standard InChI is InChI=1S/C30H31F3N7O5P/c1-4-44-46(42)17-18-6-8-23(25(12-18)43-3)37-29-34-14-22(30(31,32)33)27(38-29)36-24-9-7-20(21-16-39(2)28(41)26(21)24)19-13-35-40(15-19)10-5-11-45-46/h6-9,12-15H,4-5,10-11,16-17H2,1-3H3,(H2,34,36,37,38)/t46-/m1/s1. The molecule has 0 fully saturated rings. The van der Waals surface area contributed by atoms with Gasteiger partial charge in [-0.3, -0.25) is 14.0 Å². The van der Waals surface area contributed by atoms with Crippen LogP contribution < -0.4 is 15.4 Å². The molecule has 46 heavy (non-hydrogen) atoms. The van der Waals surface area contributed by atoms with Crippen molar-refractivity contribution in [1.82, 2.24) is 24.6 Å². The summed E-state index contributed by atoms with van der Waals surface area (Å²) in [5, 5.41) is 10.1. The molecule has 0 spiro atoms. The summed E-state index contributed by atoms with van der Waals surface area (Å²) in [5.41, 5.74) is 2.36. The lowest BCUT2D eigenvalue weighted by Gasteiger charge is -2.19. The first-order chi connectivity index (χ1) is 22.0. The molecule has 2 aromatic carbocycles. The van der Waals surface area contributed by atoms with Gasteiger partial charge < -0.3 is 29.3 Å². The maximum Gasteiger partial charge on any atom is 0.421 e. The zero-order chi connectivity index (χ0) is 32.6. The SMILES string of the molecule is CCO[P@]1(=O)Cc2ccc(c(OC)c2)Nc2ncc(C(F)(F)F)c(n2)Nc2ccc(c3c2C(=O)N(C)C3)-c2cnn(c2)CCCO1. The van der Waals surface area contributed by atoms with Gasteiger partial charge in [-0.25, -0.2) is 4.98 Å². The van der Waals surface area contributed by atoms with E-state index in [1.54, 1.807) is 55.2 Å². The summed E-state index contributed by atoms with van der Waals surface area (Å²) in [5.74, 6) is -0.737. The van der Waals surface area contributed by atoms with Crippen LogP contribution in [0.5, 0.6) is 5.75 Å².